The first-order chi connectivity index (χ1) is 8.33. The summed E-state index contributed by atoms with van der Waals surface area (Å²) in [6.07, 6.45) is 12.6. The molecule has 1 aliphatic rings. The molecule has 0 aliphatic carbocycles. The maximum Gasteiger partial charge on any atom is 0.133 e. The Labute approximate surface area is 106 Å². The van der Waals surface area contributed by atoms with Crippen LogP contribution in [0.2, 0.25) is 0 Å². The van der Waals surface area contributed by atoms with Crippen molar-refractivity contribution in [3.8, 4) is 0 Å². The molecule has 1 rings (SSSR count). The molecule has 0 aromatic carbocycles. The van der Waals surface area contributed by atoms with Gasteiger partial charge in [0.05, 0.1) is 6.10 Å². The number of ketones is 1. The van der Waals surface area contributed by atoms with Crippen molar-refractivity contribution in [2.75, 3.05) is 6.61 Å². The Morgan fingerprint density at radius 3 is 2.65 bits per heavy atom. The van der Waals surface area contributed by atoms with E-state index in [1.54, 1.807) is 0 Å². The molecule has 1 heterocycles. The van der Waals surface area contributed by atoms with Gasteiger partial charge in [0.2, 0.25) is 0 Å². The van der Waals surface area contributed by atoms with Crippen LogP contribution in [0, 0.1) is 0 Å². The lowest BCUT2D eigenvalue weighted by atomic mass is 10.0. The molecule has 0 N–H and O–H groups in total. The molecule has 0 bridgehead atoms. The van der Waals surface area contributed by atoms with Gasteiger partial charge in [0.25, 0.3) is 0 Å². The molecular formula is C15H28O2. The molecule has 0 aromatic heterocycles. The highest BCUT2D eigenvalue weighted by Gasteiger charge is 2.14. The zero-order valence-corrected chi connectivity index (χ0v) is 11.4. The number of Topliss-reactive ketones (excluding diaryl/α,β-unsaturated/α-hetero) is 1. The Morgan fingerprint density at radius 1 is 1.12 bits per heavy atom. The van der Waals surface area contributed by atoms with E-state index in [1.165, 1.54) is 38.5 Å². The van der Waals surface area contributed by atoms with E-state index in [2.05, 4.69) is 6.92 Å². The van der Waals surface area contributed by atoms with Gasteiger partial charge in [0.15, 0.2) is 0 Å². The van der Waals surface area contributed by atoms with E-state index in [9.17, 15) is 4.79 Å². The van der Waals surface area contributed by atoms with Crippen molar-refractivity contribution in [2.45, 2.75) is 83.7 Å². The van der Waals surface area contributed by atoms with Gasteiger partial charge >= 0.3 is 0 Å². The monoisotopic (exact) mass is 240 g/mol. The van der Waals surface area contributed by atoms with Crippen LogP contribution in [0.15, 0.2) is 0 Å². The van der Waals surface area contributed by atoms with E-state index in [4.69, 9.17) is 4.74 Å². The minimum Gasteiger partial charge on any atom is -0.378 e. The molecule has 0 amide bonds. The van der Waals surface area contributed by atoms with Crippen LogP contribution < -0.4 is 0 Å². The van der Waals surface area contributed by atoms with Gasteiger partial charge in [0.1, 0.15) is 5.78 Å². The molecule has 1 fully saturated rings. The summed E-state index contributed by atoms with van der Waals surface area (Å²) >= 11 is 0. The van der Waals surface area contributed by atoms with E-state index in [0.29, 0.717) is 11.9 Å². The molecule has 0 spiro atoms. The molecule has 0 saturated carbocycles. The molecule has 2 heteroatoms. The SMILES string of the molecule is CCCCCCCC(=O)CCC1CCCCO1. The number of hydrogen-bond donors (Lipinski definition) is 0. The van der Waals surface area contributed by atoms with Crippen LogP contribution in [0.3, 0.4) is 0 Å². The summed E-state index contributed by atoms with van der Waals surface area (Å²) in [5.41, 5.74) is 0. The van der Waals surface area contributed by atoms with Crippen molar-refractivity contribution < 1.29 is 9.53 Å². The van der Waals surface area contributed by atoms with Crippen LogP contribution in [-0.4, -0.2) is 18.5 Å². The van der Waals surface area contributed by atoms with Crippen molar-refractivity contribution in [3.63, 3.8) is 0 Å². The number of carbonyl (C=O) groups is 1. The van der Waals surface area contributed by atoms with Gasteiger partial charge in [-0.2, -0.15) is 0 Å². The minimum absolute atomic E-state index is 0.368. The van der Waals surface area contributed by atoms with E-state index < -0.39 is 0 Å². The van der Waals surface area contributed by atoms with Crippen LogP contribution in [-0.2, 0) is 9.53 Å². The van der Waals surface area contributed by atoms with Crippen LogP contribution >= 0.6 is 0 Å². The average molecular weight is 240 g/mol. The Hall–Kier alpha value is -0.370. The second kappa shape index (κ2) is 9.64. The molecule has 100 valence electrons. The summed E-state index contributed by atoms with van der Waals surface area (Å²) in [6.45, 7) is 3.12. The predicted molar refractivity (Wildman–Crippen MR) is 71.2 cm³/mol. The largest absolute Gasteiger partial charge is 0.378 e. The van der Waals surface area contributed by atoms with Crippen LogP contribution in [0.5, 0.6) is 0 Å². The lowest BCUT2D eigenvalue weighted by Crippen LogP contribution is -2.19. The Morgan fingerprint density at radius 2 is 1.94 bits per heavy atom. The first-order valence-corrected chi connectivity index (χ1v) is 7.46. The van der Waals surface area contributed by atoms with Crippen molar-refractivity contribution in [2.24, 2.45) is 0 Å². The minimum atomic E-state index is 0.368. The molecular weight excluding hydrogens is 212 g/mol. The number of carbonyl (C=O) groups excluding carboxylic acids is 1. The van der Waals surface area contributed by atoms with Gasteiger partial charge in [-0.1, -0.05) is 32.6 Å². The fraction of sp³-hybridized carbons (Fsp3) is 0.933. The Bertz CT molecular complexity index is 195. The van der Waals surface area contributed by atoms with Crippen LogP contribution in [0.4, 0.5) is 0 Å². The number of hydrogen-bond acceptors (Lipinski definition) is 2. The third kappa shape index (κ3) is 7.54. The Balaban J connectivity index is 1.93. The van der Waals surface area contributed by atoms with Gasteiger partial charge < -0.3 is 4.74 Å². The van der Waals surface area contributed by atoms with Crippen molar-refractivity contribution in [1.29, 1.82) is 0 Å². The molecule has 2 nitrogen and oxygen atoms in total. The lowest BCUT2D eigenvalue weighted by Gasteiger charge is -2.22. The molecule has 1 atom stereocenters. The van der Waals surface area contributed by atoms with E-state index in [1.807, 2.05) is 0 Å². The number of ether oxygens (including phenoxy) is 1. The number of rotatable bonds is 9. The van der Waals surface area contributed by atoms with Gasteiger partial charge in [-0.05, 0) is 32.1 Å². The topological polar surface area (TPSA) is 26.3 Å². The van der Waals surface area contributed by atoms with Crippen molar-refractivity contribution in [3.05, 3.63) is 0 Å². The van der Waals surface area contributed by atoms with Gasteiger partial charge in [-0.25, -0.2) is 0 Å². The van der Waals surface area contributed by atoms with Crippen LogP contribution in [0.1, 0.15) is 77.6 Å². The Kier molecular flexibility index (Phi) is 8.33. The van der Waals surface area contributed by atoms with E-state index in [-0.39, 0.29) is 0 Å². The normalized spacial score (nSPS) is 20.4. The van der Waals surface area contributed by atoms with Gasteiger partial charge in [-0.3, -0.25) is 4.79 Å². The summed E-state index contributed by atoms with van der Waals surface area (Å²) in [4.78, 5) is 11.7. The molecule has 0 radical (unpaired) electrons. The highest BCUT2D eigenvalue weighted by atomic mass is 16.5. The van der Waals surface area contributed by atoms with Crippen molar-refractivity contribution >= 4 is 5.78 Å². The van der Waals surface area contributed by atoms with Gasteiger partial charge in [-0.15, -0.1) is 0 Å². The van der Waals surface area contributed by atoms with Crippen molar-refractivity contribution in [1.82, 2.24) is 0 Å². The second-order valence-electron chi connectivity index (χ2n) is 5.23. The quantitative estimate of drug-likeness (QED) is 0.563. The predicted octanol–water partition coefficient (Wildman–Crippen LogP) is 4.27. The maximum absolute atomic E-state index is 11.7. The fourth-order valence-corrected chi connectivity index (χ4v) is 2.41. The smallest absolute Gasteiger partial charge is 0.133 e. The summed E-state index contributed by atoms with van der Waals surface area (Å²) in [5.74, 6) is 0.440. The zero-order valence-electron chi connectivity index (χ0n) is 11.4. The third-order valence-electron chi connectivity index (χ3n) is 3.58. The highest BCUT2D eigenvalue weighted by molar-refractivity contribution is 5.78. The van der Waals surface area contributed by atoms with Crippen LogP contribution in [0.25, 0.3) is 0 Å². The maximum atomic E-state index is 11.7. The lowest BCUT2D eigenvalue weighted by molar-refractivity contribution is -0.120. The molecule has 17 heavy (non-hydrogen) atoms. The third-order valence-corrected chi connectivity index (χ3v) is 3.58. The first kappa shape index (κ1) is 14.7. The molecule has 1 aliphatic heterocycles. The standard InChI is InChI=1S/C15H28O2/c1-2-3-4-5-6-9-14(16)11-12-15-10-7-8-13-17-15/h15H,2-13H2,1H3. The summed E-state index contributed by atoms with van der Waals surface area (Å²) in [5, 5.41) is 0. The van der Waals surface area contributed by atoms with E-state index >= 15 is 0 Å². The number of unbranched alkanes of at least 4 members (excludes halogenated alkanes) is 4. The average Bonchev–Trinajstić information content (AvgIpc) is 2.37. The first-order valence-electron chi connectivity index (χ1n) is 7.46. The molecule has 1 saturated heterocycles. The summed E-state index contributed by atoms with van der Waals surface area (Å²) < 4.78 is 5.63. The van der Waals surface area contributed by atoms with Gasteiger partial charge in [0, 0.05) is 19.4 Å². The summed E-state index contributed by atoms with van der Waals surface area (Å²) in [7, 11) is 0. The zero-order chi connectivity index (χ0) is 12.3. The summed E-state index contributed by atoms with van der Waals surface area (Å²) in [6, 6.07) is 0. The molecule has 1 unspecified atom stereocenters. The fourth-order valence-electron chi connectivity index (χ4n) is 2.41. The van der Waals surface area contributed by atoms with E-state index in [0.717, 1.165) is 38.7 Å². The molecule has 0 aromatic rings. The highest BCUT2D eigenvalue weighted by Crippen LogP contribution is 2.17. The second-order valence-corrected chi connectivity index (χ2v) is 5.23.